The first-order valence-corrected chi connectivity index (χ1v) is 18.5. The van der Waals surface area contributed by atoms with Crippen molar-refractivity contribution in [3.63, 3.8) is 0 Å². The Morgan fingerprint density at radius 2 is 1.04 bits per heavy atom. The van der Waals surface area contributed by atoms with E-state index < -0.39 is 0 Å². The third kappa shape index (κ3) is 16.5. The SMILES string of the molecule is CCCCCCOc1cccc(CCNCC(=O)N2CCCC2)c1.CCCCCOc1cccc(CCNCC(=O)N2CCCC2)c1. The van der Waals surface area contributed by atoms with Gasteiger partial charge in [0.25, 0.3) is 0 Å². The van der Waals surface area contributed by atoms with E-state index in [9.17, 15) is 9.59 Å². The summed E-state index contributed by atoms with van der Waals surface area (Å²) in [6, 6.07) is 16.6. The molecule has 0 spiro atoms. The molecule has 0 unspecified atom stereocenters. The van der Waals surface area contributed by atoms with Crippen LogP contribution in [0.2, 0.25) is 0 Å². The highest BCUT2D eigenvalue weighted by atomic mass is 16.5. The van der Waals surface area contributed by atoms with Crippen LogP contribution in [0.1, 0.15) is 95.6 Å². The molecule has 2 amide bonds. The molecule has 2 aromatic rings. The molecule has 0 saturated carbocycles. The van der Waals surface area contributed by atoms with Crippen molar-refractivity contribution < 1.29 is 19.1 Å². The van der Waals surface area contributed by atoms with Gasteiger partial charge in [-0.05, 0) is 99.8 Å². The quantitative estimate of drug-likeness (QED) is 0.152. The maximum atomic E-state index is 11.9. The van der Waals surface area contributed by atoms with Crippen LogP contribution in [0.25, 0.3) is 0 Å². The van der Waals surface area contributed by atoms with E-state index in [0.717, 1.165) is 115 Å². The van der Waals surface area contributed by atoms with Crippen LogP contribution < -0.4 is 20.1 Å². The van der Waals surface area contributed by atoms with Crippen LogP contribution >= 0.6 is 0 Å². The summed E-state index contributed by atoms with van der Waals surface area (Å²) < 4.78 is 11.6. The fourth-order valence-corrected chi connectivity index (χ4v) is 5.86. The van der Waals surface area contributed by atoms with Gasteiger partial charge in [-0.15, -0.1) is 0 Å². The Morgan fingerprint density at radius 3 is 1.49 bits per heavy atom. The molecule has 8 nitrogen and oxygen atoms in total. The minimum absolute atomic E-state index is 0.232. The molecule has 2 saturated heterocycles. The molecule has 2 aliphatic heterocycles. The fraction of sp³-hybridized carbons (Fsp3) is 0.641. The second-order valence-electron chi connectivity index (χ2n) is 12.8. The van der Waals surface area contributed by atoms with Crippen molar-refractivity contribution in [3.8, 4) is 11.5 Å². The highest BCUT2D eigenvalue weighted by Crippen LogP contribution is 2.16. The zero-order valence-electron chi connectivity index (χ0n) is 29.4. The topological polar surface area (TPSA) is 83.1 Å². The molecule has 2 fully saturated rings. The number of carbonyl (C=O) groups excluding carboxylic acids is 2. The molecule has 8 heteroatoms. The number of unbranched alkanes of at least 4 members (excludes halogenated alkanes) is 5. The van der Waals surface area contributed by atoms with E-state index in [1.807, 2.05) is 34.1 Å². The summed E-state index contributed by atoms with van der Waals surface area (Å²) in [4.78, 5) is 27.8. The monoisotopic (exact) mass is 650 g/mol. The molecule has 0 aliphatic carbocycles. The number of carbonyl (C=O) groups is 2. The van der Waals surface area contributed by atoms with Crippen molar-refractivity contribution in [2.24, 2.45) is 0 Å². The van der Waals surface area contributed by atoms with E-state index in [0.29, 0.717) is 13.1 Å². The summed E-state index contributed by atoms with van der Waals surface area (Å²) in [7, 11) is 0. The number of ether oxygens (including phenoxy) is 2. The predicted octanol–water partition coefficient (Wildman–Crippen LogP) is 6.41. The van der Waals surface area contributed by atoms with Crippen LogP contribution in [-0.2, 0) is 22.4 Å². The molecule has 262 valence electrons. The number of benzene rings is 2. The Hall–Kier alpha value is -3.10. The zero-order valence-corrected chi connectivity index (χ0v) is 29.4. The number of likely N-dealkylation sites (tertiary alicyclic amines) is 2. The summed E-state index contributed by atoms with van der Waals surface area (Å²) in [6.07, 6.45) is 14.9. The molecule has 47 heavy (non-hydrogen) atoms. The van der Waals surface area contributed by atoms with Crippen LogP contribution in [0.3, 0.4) is 0 Å². The average Bonchev–Trinajstić information content (AvgIpc) is 3.84. The minimum atomic E-state index is 0.232. The van der Waals surface area contributed by atoms with Gasteiger partial charge in [-0.3, -0.25) is 9.59 Å². The minimum Gasteiger partial charge on any atom is -0.494 e. The van der Waals surface area contributed by atoms with Gasteiger partial charge in [0.15, 0.2) is 0 Å². The molecular weight excluding hydrogens is 588 g/mol. The van der Waals surface area contributed by atoms with Crippen molar-refractivity contribution in [1.82, 2.24) is 20.4 Å². The summed E-state index contributed by atoms with van der Waals surface area (Å²) >= 11 is 0. The predicted molar refractivity (Wildman–Crippen MR) is 192 cm³/mol. The van der Waals surface area contributed by atoms with Gasteiger partial charge in [0.1, 0.15) is 11.5 Å². The number of amides is 2. The van der Waals surface area contributed by atoms with Crippen LogP contribution in [0, 0.1) is 0 Å². The number of hydrogen-bond donors (Lipinski definition) is 2. The van der Waals surface area contributed by atoms with E-state index in [2.05, 4.69) is 48.7 Å². The van der Waals surface area contributed by atoms with Crippen molar-refractivity contribution in [2.45, 2.75) is 97.3 Å². The van der Waals surface area contributed by atoms with E-state index in [-0.39, 0.29) is 11.8 Å². The maximum Gasteiger partial charge on any atom is 0.236 e. The molecule has 2 aromatic carbocycles. The van der Waals surface area contributed by atoms with E-state index >= 15 is 0 Å². The highest BCUT2D eigenvalue weighted by molar-refractivity contribution is 5.78. The lowest BCUT2D eigenvalue weighted by Crippen LogP contribution is -2.36. The van der Waals surface area contributed by atoms with Gasteiger partial charge in [0.05, 0.1) is 26.3 Å². The van der Waals surface area contributed by atoms with Crippen molar-refractivity contribution in [2.75, 3.05) is 65.6 Å². The van der Waals surface area contributed by atoms with Crippen LogP contribution in [-0.4, -0.2) is 87.2 Å². The molecule has 0 bridgehead atoms. The first kappa shape index (κ1) is 38.3. The Labute approximate surface area is 285 Å². The Kier molecular flexibility index (Phi) is 19.7. The third-order valence-electron chi connectivity index (χ3n) is 8.73. The number of nitrogens with zero attached hydrogens (tertiary/aromatic N) is 2. The maximum absolute atomic E-state index is 11.9. The first-order chi connectivity index (χ1) is 23.1. The van der Waals surface area contributed by atoms with Gasteiger partial charge in [-0.1, -0.05) is 70.2 Å². The van der Waals surface area contributed by atoms with Gasteiger partial charge in [0, 0.05) is 26.2 Å². The van der Waals surface area contributed by atoms with Crippen molar-refractivity contribution in [1.29, 1.82) is 0 Å². The lowest BCUT2D eigenvalue weighted by Gasteiger charge is -2.15. The largest absolute Gasteiger partial charge is 0.494 e. The summed E-state index contributed by atoms with van der Waals surface area (Å²) in [5.41, 5.74) is 2.50. The second-order valence-corrected chi connectivity index (χ2v) is 12.8. The molecule has 0 aromatic heterocycles. The summed E-state index contributed by atoms with van der Waals surface area (Å²) in [5, 5.41) is 6.52. The smallest absolute Gasteiger partial charge is 0.236 e. The van der Waals surface area contributed by atoms with Crippen LogP contribution in [0.5, 0.6) is 11.5 Å². The average molecular weight is 651 g/mol. The van der Waals surface area contributed by atoms with E-state index in [4.69, 9.17) is 9.47 Å². The van der Waals surface area contributed by atoms with Gasteiger partial charge in [-0.25, -0.2) is 0 Å². The summed E-state index contributed by atoms with van der Waals surface area (Å²) in [6.45, 7) is 12.3. The lowest BCUT2D eigenvalue weighted by atomic mass is 10.1. The molecule has 2 heterocycles. The molecule has 0 radical (unpaired) electrons. The zero-order chi connectivity index (χ0) is 33.4. The summed E-state index contributed by atoms with van der Waals surface area (Å²) in [5.74, 6) is 2.37. The lowest BCUT2D eigenvalue weighted by molar-refractivity contribution is -0.129. The van der Waals surface area contributed by atoms with Gasteiger partial charge in [0.2, 0.25) is 11.8 Å². The molecule has 0 atom stereocenters. The Morgan fingerprint density at radius 1 is 0.617 bits per heavy atom. The molecule has 4 rings (SSSR count). The third-order valence-corrected chi connectivity index (χ3v) is 8.73. The fourth-order valence-electron chi connectivity index (χ4n) is 5.86. The normalized spacial score (nSPS) is 14.2. The second kappa shape index (κ2) is 24.1. The van der Waals surface area contributed by atoms with Crippen LogP contribution in [0.4, 0.5) is 0 Å². The van der Waals surface area contributed by atoms with E-state index in [1.54, 1.807) is 0 Å². The van der Waals surface area contributed by atoms with E-state index in [1.165, 1.54) is 43.2 Å². The number of nitrogens with one attached hydrogen (secondary N) is 2. The molecular formula is C39H62N4O4. The number of hydrogen-bond acceptors (Lipinski definition) is 6. The Bertz CT molecular complexity index is 1130. The van der Waals surface area contributed by atoms with Gasteiger partial charge >= 0.3 is 0 Å². The van der Waals surface area contributed by atoms with Gasteiger partial charge < -0.3 is 29.9 Å². The Balaban J connectivity index is 0.000000256. The first-order valence-electron chi connectivity index (χ1n) is 18.5. The molecule has 2 N–H and O–H groups in total. The standard InChI is InChI=1S/C20H32N2O2.C19H30N2O2/c1-2-3-4-7-15-24-19-10-8-9-18(16-19)11-12-21-17-20(23)22-13-5-6-14-22;1-2-3-6-14-23-18-9-7-8-17(15-18)10-11-20-16-19(22)21-12-4-5-13-21/h8-10,16,21H,2-7,11-15,17H2,1H3;7-9,15,20H,2-6,10-14,16H2,1H3. The van der Waals surface area contributed by atoms with Crippen LogP contribution in [0.15, 0.2) is 48.5 Å². The molecule has 2 aliphatic rings. The highest BCUT2D eigenvalue weighted by Gasteiger charge is 2.17. The van der Waals surface area contributed by atoms with Crippen molar-refractivity contribution >= 4 is 11.8 Å². The van der Waals surface area contributed by atoms with Crippen molar-refractivity contribution in [3.05, 3.63) is 59.7 Å². The number of rotatable bonds is 21. The van der Waals surface area contributed by atoms with Gasteiger partial charge in [-0.2, -0.15) is 0 Å².